The van der Waals surface area contributed by atoms with Gasteiger partial charge in [0.2, 0.25) is 0 Å². The summed E-state index contributed by atoms with van der Waals surface area (Å²) in [5.74, 6) is 0. The third-order valence-electron chi connectivity index (χ3n) is 3.43. The molecule has 6 heteroatoms. The first-order valence-electron chi connectivity index (χ1n) is 8.63. The van der Waals surface area contributed by atoms with Gasteiger partial charge in [-0.25, -0.2) is 9.38 Å². The Labute approximate surface area is 154 Å². The minimum atomic E-state index is -0.928. The zero-order valence-corrected chi connectivity index (χ0v) is 16.0. The zero-order valence-electron chi connectivity index (χ0n) is 15.2. The summed E-state index contributed by atoms with van der Waals surface area (Å²) >= 11 is 1.41. The van der Waals surface area contributed by atoms with Crippen molar-refractivity contribution in [1.82, 2.24) is 4.90 Å². The molecule has 1 unspecified atom stereocenters. The van der Waals surface area contributed by atoms with Crippen LogP contribution in [0.15, 0.2) is 58.1 Å². The third-order valence-corrected chi connectivity index (χ3v) is 4.13. The molecule has 2 heterocycles. The molecule has 0 aromatic rings. The molecule has 0 aliphatic carbocycles. The SMILES string of the molecule is CC.CSC(CO)=NC1=CN=CCC=C1N1/C=C/CC(F)/C=C/CC1. The summed E-state index contributed by atoms with van der Waals surface area (Å²) in [7, 11) is 0. The maximum absolute atomic E-state index is 13.5. The molecule has 25 heavy (non-hydrogen) atoms. The number of halogens is 1. The summed E-state index contributed by atoms with van der Waals surface area (Å²) in [6.07, 6.45) is 15.6. The van der Waals surface area contributed by atoms with E-state index in [2.05, 4.69) is 21.0 Å². The van der Waals surface area contributed by atoms with Crippen LogP contribution in [0.4, 0.5) is 4.39 Å². The highest BCUT2D eigenvalue weighted by molar-refractivity contribution is 8.13. The van der Waals surface area contributed by atoms with Crippen LogP contribution in [-0.2, 0) is 0 Å². The second-order valence-corrected chi connectivity index (χ2v) is 5.97. The fourth-order valence-electron chi connectivity index (χ4n) is 2.28. The van der Waals surface area contributed by atoms with Crippen LogP contribution in [-0.4, -0.2) is 46.8 Å². The van der Waals surface area contributed by atoms with Crippen LogP contribution in [0.5, 0.6) is 0 Å². The number of nitrogens with zero attached hydrogens (tertiary/aromatic N) is 3. The average Bonchev–Trinajstić information content (AvgIpc) is 2.81. The van der Waals surface area contributed by atoms with Crippen molar-refractivity contribution in [1.29, 1.82) is 0 Å². The first kappa shape index (κ1) is 21.4. The number of hydrogen-bond acceptors (Lipinski definition) is 5. The highest BCUT2D eigenvalue weighted by atomic mass is 32.2. The van der Waals surface area contributed by atoms with E-state index in [-0.39, 0.29) is 6.61 Å². The number of aliphatic hydroxyl groups excluding tert-OH is 1. The van der Waals surface area contributed by atoms with E-state index in [0.717, 1.165) is 18.7 Å². The number of aliphatic hydroxyl groups is 1. The van der Waals surface area contributed by atoms with Gasteiger partial charge in [-0.05, 0) is 12.7 Å². The van der Waals surface area contributed by atoms with E-state index in [4.69, 9.17) is 0 Å². The lowest BCUT2D eigenvalue weighted by Gasteiger charge is -2.23. The molecule has 0 aromatic carbocycles. The zero-order chi connectivity index (χ0) is 18.5. The molecule has 1 N–H and O–H groups in total. The van der Waals surface area contributed by atoms with Gasteiger partial charge in [0, 0.05) is 31.8 Å². The van der Waals surface area contributed by atoms with E-state index in [1.54, 1.807) is 12.3 Å². The Balaban J connectivity index is 0.00000151. The Hall–Kier alpha value is -1.66. The molecule has 4 nitrogen and oxygen atoms in total. The molecule has 0 radical (unpaired) electrons. The lowest BCUT2D eigenvalue weighted by molar-refractivity contribution is 0.360. The molecule has 2 rings (SSSR count). The number of alkyl halides is 1. The summed E-state index contributed by atoms with van der Waals surface area (Å²) < 4.78 is 13.5. The van der Waals surface area contributed by atoms with Crippen LogP contribution >= 0.6 is 11.8 Å². The van der Waals surface area contributed by atoms with Crippen LogP contribution in [0, 0.1) is 0 Å². The van der Waals surface area contributed by atoms with Gasteiger partial charge in [0.05, 0.1) is 23.5 Å². The first-order valence-corrected chi connectivity index (χ1v) is 9.86. The van der Waals surface area contributed by atoms with Crippen molar-refractivity contribution in [2.75, 3.05) is 19.4 Å². The Morgan fingerprint density at radius 2 is 2.24 bits per heavy atom. The van der Waals surface area contributed by atoms with Gasteiger partial charge in [-0.1, -0.05) is 38.2 Å². The van der Waals surface area contributed by atoms with Gasteiger partial charge in [-0.2, -0.15) is 0 Å². The molecule has 0 amide bonds. The Morgan fingerprint density at radius 1 is 1.44 bits per heavy atom. The number of rotatable bonds is 3. The van der Waals surface area contributed by atoms with Gasteiger partial charge in [-0.3, -0.25) is 4.99 Å². The van der Waals surface area contributed by atoms with Gasteiger partial charge in [-0.15, -0.1) is 11.8 Å². The standard InChI is InChI=1S/C17H22FN3OS.C2H6/c1-23-17(13-22)20-15-12-19-9-4-8-16(15)21-10-3-2-6-14(18)7-5-11-21;1-2/h2,5-6,8-9,11-12,14,22H,3-4,7,10,13H2,1H3;1-2H3/b6-2+,11-5+,20-17?;. The molecule has 1 atom stereocenters. The number of thioether (sulfide) groups is 1. The van der Waals surface area contributed by atoms with Crippen LogP contribution in [0.2, 0.25) is 0 Å². The number of allylic oxidation sites excluding steroid dienone is 3. The van der Waals surface area contributed by atoms with Crippen molar-refractivity contribution in [3.8, 4) is 0 Å². The van der Waals surface area contributed by atoms with Crippen molar-refractivity contribution >= 4 is 23.0 Å². The molecule has 0 saturated heterocycles. The predicted octanol–water partition coefficient (Wildman–Crippen LogP) is 4.47. The maximum Gasteiger partial charge on any atom is 0.122 e. The molecular weight excluding hydrogens is 337 g/mol. The van der Waals surface area contributed by atoms with Crippen LogP contribution in [0.1, 0.15) is 33.1 Å². The van der Waals surface area contributed by atoms with Crippen molar-refractivity contribution in [2.45, 2.75) is 39.3 Å². The monoisotopic (exact) mass is 365 g/mol. The second-order valence-electron chi connectivity index (χ2n) is 5.09. The minimum absolute atomic E-state index is 0.0996. The van der Waals surface area contributed by atoms with Crippen LogP contribution in [0.3, 0.4) is 0 Å². The molecule has 0 aromatic heterocycles. The highest BCUT2D eigenvalue weighted by Gasteiger charge is 2.14. The molecule has 2 aliphatic heterocycles. The molecule has 0 saturated carbocycles. The van der Waals surface area contributed by atoms with Crippen molar-refractivity contribution in [3.05, 3.63) is 48.1 Å². The molecule has 0 bridgehead atoms. The summed E-state index contributed by atoms with van der Waals surface area (Å²) in [6, 6.07) is 0. The second kappa shape index (κ2) is 12.7. The Kier molecular flexibility index (Phi) is 10.8. The summed E-state index contributed by atoms with van der Waals surface area (Å²) in [4.78, 5) is 10.8. The van der Waals surface area contributed by atoms with Crippen molar-refractivity contribution in [3.63, 3.8) is 0 Å². The van der Waals surface area contributed by atoms with Gasteiger partial charge < -0.3 is 10.0 Å². The maximum atomic E-state index is 13.5. The van der Waals surface area contributed by atoms with E-state index in [1.165, 1.54) is 11.8 Å². The molecule has 0 fully saturated rings. The van der Waals surface area contributed by atoms with Gasteiger partial charge >= 0.3 is 0 Å². The third kappa shape index (κ3) is 7.40. The molecular formula is C19H28FN3OS. The quantitative estimate of drug-likeness (QED) is 0.456. The largest absolute Gasteiger partial charge is 0.389 e. The molecule has 0 spiro atoms. The van der Waals surface area contributed by atoms with Crippen LogP contribution in [0.25, 0.3) is 0 Å². The van der Waals surface area contributed by atoms with E-state index in [9.17, 15) is 9.50 Å². The highest BCUT2D eigenvalue weighted by Crippen LogP contribution is 2.23. The smallest absolute Gasteiger partial charge is 0.122 e. The van der Waals surface area contributed by atoms with Gasteiger partial charge in [0.25, 0.3) is 0 Å². The van der Waals surface area contributed by atoms with E-state index >= 15 is 0 Å². The van der Waals surface area contributed by atoms with E-state index in [1.807, 2.05) is 44.7 Å². The first-order chi connectivity index (χ1) is 12.2. The number of hydrogen-bond donors (Lipinski definition) is 1. The fraction of sp³-hybridized carbons (Fsp3) is 0.474. The van der Waals surface area contributed by atoms with Crippen molar-refractivity contribution in [2.24, 2.45) is 9.98 Å². The topological polar surface area (TPSA) is 48.2 Å². The lowest BCUT2D eigenvalue weighted by Crippen LogP contribution is -2.19. The Morgan fingerprint density at radius 3 is 2.96 bits per heavy atom. The van der Waals surface area contributed by atoms with Crippen molar-refractivity contribution < 1.29 is 9.50 Å². The Bertz CT molecular complexity index is 573. The average molecular weight is 366 g/mol. The lowest BCUT2D eigenvalue weighted by atomic mass is 10.2. The van der Waals surface area contributed by atoms with Gasteiger partial charge in [0.15, 0.2) is 0 Å². The molecule has 138 valence electrons. The van der Waals surface area contributed by atoms with E-state index in [0.29, 0.717) is 23.6 Å². The van der Waals surface area contributed by atoms with Gasteiger partial charge in [0.1, 0.15) is 11.9 Å². The minimum Gasteiger partial charge on any atom is -0.389 e. The van der Waals surface area contributed by atoms with Crippen LogP contribution < -0.4 is 0 Å². The summed E-state index contributed by atoms with van der Waals surface area (Å²) in [6.45, 7) is 4.64. The normalized spacial score (nSPS) is 23.8. The molecule has 2 aliphatic rings. The summed E-state index contributed by atoms with van der Waals surface area (Å²) in [5, 5.41) is 9.99. The van der Waals surface area contributed by atoms with E-state index < -0.39 is 6.17 Å². The predicted molar refractivity (Wildman–Crippen MR) is 108 cm³/mol. The number of aliphatic imine (C=N–C) groups is 2. The fourth-order valence-corrected chi connectivity index (χ4v) is 2.60. The summed E-state index contributed by atoms with van der Waals surface area (Å²) in [5.41, 5.74) is 1.64.